The molecule has 5 nitrogen and oxygen atoms in total. The molecule has 3 N–H and O–H groups in total. The molecule has 5 heteroatoms. The minimum Gasteiger partial charge on any atom is -0.334 e. The first-order valence-electron chi connectivity index (χ1n) is 7.14. The fourth-order valence-electron chi connectivity index (χ4n) is 3.05. The molecule has 0 radical (unpaired) electrons. The predicted molar refractivity (Wildman–Crippen MR) is 78.4 cm³/mol. The SMILES string of the molecule is CC1CCN(C(=O)c2cccc3[nH]ncc23)C(CN)C1. The summed E-state index contributed by atoms with van der Waals surface area (Å²) in [6.45, 7) is 3.54. The van der Waals surface area contributed by atoms with Gasteiger partial charge >= 0.3 is 0 Å². The van der Waals surface area contributed by atoms with Crippen molar-refractivity contribution in [2.45, 2.75) is 25.8 Å². The molecule has 20 heavy (non-hydrogen) atoms. The van der Waals surface area contributed by atoms with E-state index in [1.807, 2.05) is 23.1 Å². The van der Waals surface area contributed by atoms with Gasteiger partial charge in [0, 0.05) is 24.5 Å². The Kier molecular flexibility index (Phi) is 3.44. The molecule has 1 aliphatic heterocycles. The van der Waals surface area contributed by atoms with Gasteiger partial charge in [0.05, 0.1) is 17.3 Å². The summed E-state index contributed by atoms with van der Waals surface area (Å²) in [6.07, 6.45) is 3.75. The largest absolute Gasteiger partial charge is 0.334 e. The van der Waals surface area contributed by atoms with E-state index in [0.717, 1.165) is 30.3 Å². The van der Waals surface area contributed by atoms with E-state index in [1.54, 1.807) is 6.20 Å². The zero-order valence-electron chi connectivity index (χ0n) is 11.7. The van der Waals surface area contributed by atoms with Gasteiger partial charge in [0.25, 0.3) is 5.91 Å². The van der Waals surface area contributed by atoms with Crippen molar-refractivity contribution in [1.29, 1.82) is 0 Å². The van der Waals surface area contributed by atoms with Crippen molar-refractivity contribution < 1.29 is 4.79 Å². The van der Waals surface area contributed by atoms with Crippen LogP contribution in [-0.2, 0) is 0 Å². The summed E-state index contributed by atoms with van der Waals surface area (Å²) in [5.74, 6) is 0.705. The number of aromatic nitrogens is 2. The third-order valence-corrected chi connectivity index (χ3v) is 4.23. The van der Waals surface area contributed by atoms with Crippen LogP contribution >= 0.6 is 0 Å². The first-order valence-corrected chi connectivity index (χ1v) is 7.14. The second-order valence-corrected chi connectivity index (χ2v) is 5.65. The van der Waals surface area contributed by atoms with Gasteiger partial charge in [0.1, 0.15) is 0 Å². The Morgan fingerprint density at radius 1 is 1.55 bits per heavy atom. The molecule has 0 spiro atoms. The molecule has 2 unspecified atom stereocenters. The third kappa shape index (κ3) is 2.18. The Bertz CT molecular complexity index is 621. The number of carbonyl (C=O) groups is 1. The van der Waals surface area contributed by atoms with Crippen LogP contribution in [0.3, 0.4) is 0 Å². The lowest BCUT2D eigenvalue weighted by Crippen LogP contribution is -2.49. The Balaban J connectivity index is 1.93. The lowest BCUT2D eigenvalue weighted by molar-refractivity contribution is 0.0575. The molecule has 2 heterocycles. The van der Waals surface area contributed by atoms with Gasteiger partial charge in [-0.2, -0.15) is 5.10 Å². The Labute approximate surface area is 118 Å². The Morgan fingerprint density at radius 3 is 3.20 bits per heavy atom. The van der Waals surface area contributed by atoms with Crippen LogP contribution in [0.2, 0.25) is 0 Å². The maximum absolute atomic E-state index is 12.8. The summed E-state index contributed by atoms with van der Waals surface area (Å²) >= 11 is 0. The van der Waals surface area contributed by atoms with Crippen molar-refractivity contribution >= 4 is 16.8 Å². The third-order valence-electron chi connectivity index (χ3n) is 4.23. The fourth-order valence-corrected chi connectivity index (χ4v) is 3.05. The highest BCUT2D eigenvalue weighted by Crippen LogP contribution is 2.25. The Morgan fingerprint density at radius 2 is 2.40 bits per heavy atom. The van der Waals surface area contributed by atoms with Crippen molar-refractivity contribution in [2.24, 2.45) is 11.7 Å². The first kappa shape index (κ1) is 13.1. The summed E-state index contributed by atoms with van der Waals surface area (Å²) in [5.41, 5.74) is 7.46. The lowest BCUT2D eigenvalue weighted by Gasteiger charge is -2.38. The quantitative estimate of drug-likeness (QED) is 0.874. The van der Waals surface area contributed by atoms with Crippen LogP contribution in [0.4, 0.5) is 0 Å². The number of likely N-dealkylation sites (tertiary alicyclic amines) is 1. The molecule has 106 valence electrons. The van der Waals surface area contributed by atoms with E-state index in [-0.39, 0.29) is 11.9 Å². The maximum Gasteiger partial charge on any atom is 0.254 e. The fraction of sp³-hybridized carbons (Fsp3) is 0.467. The van der Waals surface area contributed by atoms with E-state index in [2.05, 4.69) is 17.1 Å². The highest BCUT2D eigenvalue weighted by Gasteiger charge is 2.30. The minimum absolute atomic E-state index is 0.0688. The summed E-state index contributed by atoms with van der Waals surface area (Å²) in [6, 6.07) is 5.83. The van der Waals surface area contributed by atoms with Gasteiger partial charge in [-0.25, -0.2) is 0 Å². The van der Waals surface area contributed by atoms with Crippen LogP contribution in [0, 0.1) is 5.92 Å². The number of nitrogens with two attached hydrogens (primary N) is 1. The number of nitrogens with one attached hydrogen (secondary N) is 1. The van der Waals surface area contributed by atoms with E-state index < -0.39 is 0 Å². The van der Waals surface area contributed by atoms with Gasteiger partial charge in [0.2, 0.25) is 0 Å². The van der Waals surface area contributed by atoms with Crippen LogP contribution in [0.1, 0.15) is 30.1 Å². The number of nitrogens with zero attached hydrogens (tertiary/aromatic N) is 2. The standard InChI is InChI=1S/C15H20N4O/c1-10-5-6-19(11(7-10)8-16)15(20)12-3-2-4-14-13(12)9-17-18-14/h2-4,9-11H,5-8,16H2,1H3,(H,17,18). The number of aromatic amines is 1. The van der Waals surface area contributed by atoms with E-state index >= 15 is 0 Å². The van der Waals surface area contributed by atoms with Crippen LogP contribution in [0.15, 0.2) is 24.4 Å². The number of piperidine rings is 1. The molecule has 3 rings (SSSR count). The van der Waals surface area contributed by atoms with Gasteiger partial charge in [-0.05, 0) is 30.9 Å². The molecular formula is C15H20N4O. The number of rotatable bonds is 2. The zero-order chi connectivity index (χ0) is 14.1. The number of H-pyrrole nitrogens is 1. The van der Waals surface area contributed by atoms with Crippen molar-refractivity contribution in [2.75, 3.05) is 13.1 Å². The van der Waals surface area contributed by atoms with Crippen molar-refractivity contribution in [3.63, 3.8) is 0 Å². The van der Waals surface area contributed by atoms with Crippen LogP contribution in [-0.4, -0.2) is 40.1 Å². The van der Waals surface area contributed by atoms with Gasteiger partial charge < -0.3 is 10.6 Å². The molecule has 1 fully saturated rings. The molecule has 2 atom stereocenters. The monoisotopic (exact) mass is 272 g/mol. The van der Waals surface area contributed by atoms with Gasteiger partial charge in [-0.15, -0.1) is 0 Å². The number of hydrogen-bond acceptors (Lipinski definition) is 3. The number of amides is 1. The first-order chi connectivity index (χ1) is 9.70. The van der Waals surface area contributed by atoms with E-state index in [9.17, 15) is 4.79 Å². The summed E-state index contributed by atoms with van der Waals surface area (Å²) in [4.78, 5) is 14.7. The van der Waals surface area contributed by atoms with Crippen LogP contribution in [0.5, 0.6) is 0 Å². The molecule has 0 saturated carbocycles. The van der Waals surface area contributed by atoms with Crippen LogP contribution in [0.25, 0.3) is 10.9 Å². The van der Waals surface area contributed by atoms with E-state index in [0.29, 0.717) is 18.0 Å². The molecule has 1 aliphatic rings. The highest BCUT2D eigenvalue weighted by molar-refractivity contribution is 6.06. The predicted octanol–water partition coefficient (Wildman–Crippen LogP) is 1.76. The second-order valence-electron chi connectivity index (χ2n) is 5.65. The molecule has 1 saturated heterocycles. The smallest absolute Gasteiger partial charge is 0.254 e. The number of benzene rings is 1. The average molecular weight is 272 g/mol. The molecule has 1 aromatic heterocycles. The van der Waals surface area contributed by atoms with Gasteiger partial charge in [-0.1, -0.05) is 13.0 Å². The van der Waals surface area contributed by atoms with Crippen molar-refractivity contribution in [3.05, 3.63) is 30.0 Å². The van der Waals surface area contributed by atoms with E-state index in [4.69, 9.17) is 5.73 Å². The highest BCUT2D eigenvalue weighted by atomic mass is 16.2. The van der Waals surface area contributed by atoms with Gasteiger partial charge in [-0.3, -0.25) is 9.89 Å². The minimum atomic E-state index is 0.0688. The Hall–Kier alpha value is -1.88. The van der Waals surface area contributed by atoms with E-state index in [1.165, 1.54) is 0 Å². The topological polar surface area (TPSA) is 75.0 Å². The zero-order valence-corrected chi connectivity index (χ0v) is 11.7. The van der Waals surface area contributed by atoms with Gasteiger partial charge in [0.15, 0.2) is 0 Å². The molecular weight excluding hydrogens is 252 g/mol. The lowest BCUT2D eigenvalue weighted by atomic mass is 9.91. The summed E-state index contributed by atoms with van der Waals surface area (Å²) in [5, 5.41) is 7.81. The number of hydrogen-bond donors (Lipinski definition) is 2. The number of carbonyl (C=O) groups excluding carboxylic acids is 1. The molecule has 0 bridgehead atoms. The normalized spacial score (nSPS) is 23.2. The molecule has 0 aliphatic carbocycles. The summed E-state index contributed by atoms with van der Waals surface area (Å²) < 4.78 is 0. The summed E-state index contributed by atoms with van der Waals surface area (Å²) in [7, 11) is 0. The second kappa shape index (κ2) is 5.25. The average Bonchev–Trinajstić information content (AvgIpc) is 2.94. The maximum atomic E-state index is 12.8. The molecule has 1 amide bonds. The molecule has 1 aromatic carbocycles. The molecule has 2 aromatic rings. The number of fused-ring (bicyclic) bond motifs is 1. The van der Waals surface area contributed by atoms with Crippen molar-refractivity contribution in [3.8, 4) is 0 Å². The van der Waals surface area contributed by atoms with Crippen LogP contribution < -0.4 is 5.73 Å². The van der Waals surface area contributed by atoms with Crippen molar-refractivity contribution in [1.82, 2.24) is 15.1 Å².